The topological polar surface area (TPSA) is 158 Å². The molecule has 236 valence electrons. The largest absolute Gasteiger partial charge is 0.497 e. The lowest BCUT2D eigenvalue weighted by Crippen LogP contribution is -2.48. The molecular weight excluding hydrogens is 568 g/mol. The number of nitrogens with one attached hydrogen (secondary N) is 3. The Morgan fingerprint density at radius 1 is 1.14 bits per heavy atom. The minimum atomic E-state index is -0.509. The van der Waals surface area contributed by atoms with Crippen LogP contribution in [0.2, 0.25) is 0 Å². The summed E-state index contributed by atoms with van der Waals surface area (Å²) in [6.07, 6.45) is -0.512. The predicted molar refractivity (Wildman–Crippen MR) is 165 cm³/mol. The van der Waals surface area contributed by atoms with Crippen LogP contribution in [-0.4, -0.2) is 84.0 Å². The number of ether oxygens (including phenoxy) is 2. The summed E-state index contributed by atoms with van der Waals surface area (Å²) >= 11 is 0. The molecule has 1 aromatic heterocycles. The monoisotopic (exact) mass is 608 g/mol. The molecule has 1 aliphatic heterocycles. The van der Waals surface area contributed by atoms with Crippen LogP contribution in [0.15, 0.2) is 47.0 Å². The third kappa shape index (κ3) is 7.78. The molecule has 0 radical (unpaired) electrons. The summed E-state index contributed by atoms with van der Waals surface area (Å²) in [5, 5.41) is 22.2. The van der Waals surface area contributed by atoms with E-state index in [2.05, 4.69) is 21.1 Å². The fraction of sp³-hybridized carbons (Fsp3) is 0.419. The Kier molecular flexibility index (Phi) is 10.3. The van der Waals surface area contributed by atoms with Gasteiger partial charge in [-0.1, -0.05) is 12.1 Å². The van der Waals surface area contributed by atoms with E-state index in [1.54, 1.807) is 82.3 Å². The van der Waals surface area contributed by atoms with Gasteiger partial charge in [-0.15, -0.1) is 0 Å². The molecule has 2 heterocycles. The Morgan fingerprint density at radius 3 is 2.45 bits per heavy atom. The maximum atomic E-state index is 13.5. The van der Waals surface area contributed by atoms with Crippen LogP contribution < -0.4 is 25.4 Å². The standard InChI is InChI=1S/C31H40N6O7/c1-18-15-37(19(2)17-38)28(39)14-22-13-24(33-30(40)32-23-7-10-25(42-6)11-8-23)9-12-26(22)43-27(18)16-36(5)31(41)34-29-20(3)35-44-21(29)4/h7-13,18-19,27,38H,14-17H2,1-6H3,(H,34,41)(H2,32,33,40)/t18-,19+,27-/m1/s1. The lowest BCUT2D eigenvalue weighted by atomic mass is 10.0. The number of fused-ring (bicyclic) bond motifs is 1. The molecule has 0 saturated heterocycles. The second kappa shape index (κ2) is 14.1. The molecule has 3 aromatic rings. The number of methoxy groups -OCH3 is 1. The van der Waals surface area contributed by atoms with Crippen LogP contribution in [0.5, 0.6) is 11.5 Å². The molecule has 44 heavy (non-hydrogen) atoms. The molecule has 0 bridgehead atoms. The van der Waals surface area contributed by atoms with E-state index in [0.29, 0.717) is 52.1 Å². The summed E-state index contributed by atoms with van der Waals surface area (Å²) in [5.41, 5.74) is 2.69. The smallest absolute Gasteiger partial charge is 0.323 e. The van der Waals surface area contributed by atoms with Crippen molar-refractivity contribution < 1.29 is 33.5 Å². The summed E-state index contributed by atoms with van der Waals surface area (Å²) < 4.78 is 16.8. The van der Waals surface area contributed by atoms with Gasteiger partial charge in [-0.05, 0) is 63.2 Å². The van der Waals surface area contributed by atoms with Crippen molar-refractivity contribution in [2.24, 2.45) is 5.92 Å². The molecular formula is C31H40N6O7. The Hall–Kier alpha value is -4.78. The van der Waals surface area contributed by atoms with Crippen molar-refractivity contribution in [3.05, 3.63) is 59.5 Å². The minimum Gasteiger partial charge on any atom is -0.497 e. The van der Waals surface area contributed by atoms with Crippen molar-refractivity contribution in [1.82, 2.24) is 15.0 Å². The number of nitrogens with zero attached hydrogens (tertiary/aromatic N) is 3. The Balaban J connectivity index is 1.55. The average Bonchev–Trinajstić information content (AvgIpc) is 3.33. The number of hydrogen-bond acceptors (Lipinski definition) is 8. The van der Waals surface area contributed by atoms with E-state index in [1.165, 1.54) is 4.90 Å². The first kappa shape index (κ1) is 32.1. The van der Waals surface area contributed by atoms with Crippen molar-refractivity contribution in [1.29, 1.82) is 0 Å². The predicted octanol–water partition coefficient (Wildman–Crippen LogP) is 4.26. The highest BCUT2D eigenvalue weighted by Crippen LogP contribution is 2.30. The van der Waals surface area contributed by atoms with E-state index in [0.717, 1.165) is 0 Å². The van der Waals surface area contributed by atoms with Gasteiger partial charge in [0.05, 0.1) is 32.7 Å². The summed E-state index contributed by atoms with van der Waals surface area (Å²) in [6, 6.07) is 10.8. The van der Waals surface area contributed by atoms with Crippen LogP contribution in [0.4, 0.5) is 26.7 Å². The van der Waals surface area contributed by atoms with Crippen molar-refractivity contribution in [3.8, 4) is 11.5 Å². The molecule has 13 nitrogen and oxygen atoms in total. The highest BCUT2D eigenvalue weighted by Gasteiger charge is 2.32. The van der Waals surface area contributed by atoms with Crippen molar-refractivity contribution in [2.45, 2.75) is 46.3 Å². The summed E-state index contributed by atoms with van der Waals surface area (Å²) in [4.78, 5) is 42.4. The van der Waals surface area contributed by atoms with Crippen LogP contribution in [0, 0.1) is 19.8 Å². The lowest BCUT2D eigenvalue weighted by Gasteiger charge is -2.34. The van der Waals surface area contributed by atoms with Crippen LogP contribution in [-0.2, 0) is 11.2 Å². The van der Waals surface area contributed by atoms with Crippen LogP contribution >= 0.6 is 0 Å². The summed E-state index contributed by atoms with van der Waals surface area (Å²) in [6.45, 7) is 7.50. The SMILES string of the molecule is COc1ccc(NC(=O)Nc2ccc3c(c2)CC(=O)N([C@@H](C)CO)C[C@@H](C)[C@@H](CN(C)C(=O)Nc2c(C)noc2C)O3)cc1. The van der Waals surface area contributed by atoms with Gasteiger partial charge in [0.25, 0.3) is 0 Å². The van der Waals surface area contributed by atoms with Gasteiger partial charge in [-0.2, -0.15) is 0 Å². The van der Waals surface area contributed by atoms with Crippen molar-refractivity contribution >= 4 is 35.0 Å². The Labute approximate surface area is 256 Å². The van der Waals surface area contributed by atoms with Gasteiger partial charge in [-0.25, -0.2) is 9.59 Å². The summed E-state index contributed by atoms with van der Waals surface area (Å²) in [5.74, 6) is 1.24. The third-order valence-electron chi connectivity index (χ3n) is 7.59. The van der Waals surface area contributed by atoms with Crippen LogP contribution in [0.3, 0.4) is 0 Å². The molecule has 4 N–H and O–H groups in total. The molecule has 4 rings (SSSR count). The molecule has 0 spiro atoms. The van der Waals surface area contributed by atoms with Gasteiger partial charge in [0.2, 0.25) is 5.91 Å². The van der Waals surface area contributed by atoms with Gasteiger partial charge in [0.15, 0.2) is 5.76 Å². The quantitative estimate of drug-likeness (QED) is 0.295. The molecule has 13 heteroatoms. The fourth-order valence-corrected chi connectivity index (χ4v) is 4.91. The van der Waals surface area contributed by atoms with E-state index in [9.17, 15) is 19.5 Å². The second-order valence-corrected chi connectivity index (χ2v) is 11.0. The average molecular weight is 609 g/mol. The van der Waals surface area contributed by atoms with E-state index in [4.69, 9.17) is 14.0 Å². The number of hydrogen-bond donors (Lipinski definition) is 4. The first-order valence-corrected chi connectivity index (χ1v) is 14.4. The van der Waals surface area contributed by atoms with E-state index >= 15 is 0 Å². The number of likely N-dealkylation sites (N-methyl/N-ethyl adjacent to an activating group) is 1. The third-order valence-corrected chi connectivity index (χ3v) is 7.59. The normalized spacial score (nSPS) is 17.2. The molecule has 0 fully saturated rings. The number of rotatable bonds is 8. The van der Waals surface area contributed by atoms with Crippen molar-refractivity contribution in [3.63, 3.8) is 0 Å². The fourth-order valence-electron chi connectivity index (χ4n) is 4.91. The van der Waals surface area contributed by atoms with Gasteiger partial charge >= 0.3 is 12.1 Å². The van der Waals surface area contributed by atoms with E-state index < -0.39 is 18.2 Å². The van der Waals surface area contributed by atoms with Gasteiger partial charge in [-0.3, -0.25) is 4.79 Å². The van der Waals surface area contributed by atoms with Crippen molar-refractivity contribution in [2.75, 3.05) is 49.8 Å². The number of carbonyl (C=O) groups is 3. The number of amides is 5. The zero-order chi connectivity index (χ0) is 32.0. The number of carbonyl (C=O) groups excluding carboxylic acids is 3. The lowest BCUT2D eigenvalue weighted by molar-refractivity contribution is -0.134. The first-order chi connectivity index (χ1) is 21.0. The molecule has 0 aliphatic carbocycles. The number of benzene rings is 2. The van der Waals surface area contributed by atoms with Gasteiger partial charge in [0.1, 0.15) is 29.0 Å². The number of urea groups is 2. The van der Waals surface area contributed by atoms with Gasteiger partial charge in [0, 0.05) is 36.4 Å². The zero-order valence-electron chi connectivity index (χ0n) is 25.8. The molecule has 1 aliphatic rings. The Morgan fingerprint density at radius 2 is 1.82 bits per heavy atom. The molecule has 0 unspecified atom stereocenters. The zero-order valence-corrected chi connectivity index (χ0v) is 25.8. The maximum Gasteiger partial charge on any atom is 0.323 e. The van der Waals surface area contributed by atoms with E-state index in [-0.39, 0.29) is 37.4 Å². The van der Waals surface area contributed by atoms with Crippen LogP contribution in [0.1, 0.15) is 30.9 Å². The molecule has 3 atom stereocenters. The van der Waals surface area contributed by atoms with Crippen LogP contribution in [0.25, 0.3) is 0 Å². The highest BCUT2D eigenvalue weighted by molar-refractivity contribution is 6.00. The summed E-state index contributed by atoms with van der Waals surface area (Å²) in [7, 11) is 3.22. The van der Waals surface area contributed by atoms with Gasteiger partial charge < -0.3 is 44.9 Å². The van der Waals surface area contributed by atoms with E-state index in [1.807, 2.05) is 6.92 Å². The number of aryl methyl sites for hydroxylation is 2. The number of aromatic nitrogens is 1. The Bertz CT molecular complexity index is 1460. The molecule has 2 aromatic carbocycles. The number of aliphatic hydroxyl groups is 1. The minimum absolute atomic E-state index is 0.00288. The number of anilines is 3. The number of aliphatic hydroxyl groups excluding tert-OH is 1. The molecule has 5 amide bonds. The maximum absolute atomic E-state index is 13.5. The highest BCUT2D eigenvalue weighted by atomic mass is 16.5. The second-order valence-electron chi connectivity index (χ2n) is 11.0. The molecule has 0 saturated carbocycles. The first-order valence-electron chi connectivity index (χ1n) is 14.4.